The Kier molecular flexibility index (Phi) is 4.51. The highest BCUT2D eigenvalue weighted by Crippen LogP contribution is 2.17. The molecule has 5 rings (SSSR count). The molecule has 0 aliphatic carbocycles. The summed E-state index contributed by atoms with van der Waals surface area (Å²) in [5, 5.41) is 0. The molecule has 0 spiro atoms. The number of amides is 1. The van der Waals surface area contributed by atoms with Crippen LogP contribution in [-0.4, -0.2) is 61.1 Å². The Labute approximate surface area is 171 Å². The van der Waals surface area contributed by atoms with Crippen molar-refractivity contribution in [2.45, 2.75) is 6.54 Å². The lowest BCUT2D eigenvalue weighted by Gasteiger charge is -2.35. The number of para-hydroxylation sites is 2. The first-order chi connectivity index (χ1) is 14.7. The maximum atomic E-state index is 12.8. The standard InChI is InChI=1S/C20H19N7O3/c28-19(12-27-15-3-1-2-4-16(15)30-20(27)29)25-9-7-24(8-10-25)17-11-18(23-13-22-17)26-6-5-21-14-26/h1-6,11,13-14H,7-10,12H2. The Bertz CT molecular complexity index is 1240. The number of hydrogen-bond acceptors (Lipinski definition) is 7. The second-order valence-corrected chi connectivity index (χ2v) is 6.99. The number of oxazole rings is 1. The Morgan fingerprint density at radius 3 is 2.67 bits per heavy atom. The maximum Gasteiger partial charge on any atom is 0.420 e. The Hall–Kier alpha value is -3.95. The normalized spacial score (nSPS) is 14.4. The molecule has 0 bridgehead atoms. The first kappa shape index (κ1) is 18.1. The van der Waals surface area contributed by atoms with E-state index in [0.29, 0.717) is 37.3 Å². The van der Waals surface area contributed by atoms with Gasteiger partial charge in [0, 0.05) is 44.6 Å². The lowest BCUT2D eigenvalue weighted by molar-refractivity contribution is -0.132. The first-order valence-corrected chi connectivity index (χ1v) is 9.60. The second-order valence-electron chi connectivity index (χ2n) is 6.99. The van der Waals surface area contributed by atoms with Crippen LogP contribution in [0.3, 0.4) is 0 Å². The van der Waals surface area contributed by atoms with Crippen LogP contribution in [0.2, 0.25) is 0 Å². The van der Waals surface area contributed by atoms with Gasteiger partial charge in [-0.1, -0.05) is 12.1 Å². The topological polar surface area (TPSA) is 102 Å². The molecule has 4 aromatic rings. The first-order valence-electron chi connectivity index (χ1n) is 9.60. The van der Waals surface area contributed by atoms with E-state index in [9.17, 15) is 9.59 Å². The van der Waals surface area contributed by atoms with Crippen LogP contribution in [-0.2, 0) is 11.3 Å². The Morgan fingerprint density at radius 2 is 1.87 bits per heavy atom. The summed E-state index contributed by atoms with van der Waals surface area (Å²) in [4.78, 5) is 41.5. The number of hydrogen-bond donors (Lipinski definition) is 0. The number of anilines is 1. The molecule has 0 saturated carbocycles. The minimum Gasteiger partial charge on any atom is -0.408 e. The van der Waals surface area contributed by atoms with Crippen LogP contribution in [0, 0.1) is 0 Å². The molecule has 1 saturated heterocycles. The Morgan fingerprint density at radius 1 is 1.07 bits per heavy atom. The monoisotopic (exact) mass is 405 g/mol. The third-order valence-electron chi connectivity index (χ3n) is 5.23. The number of imidazole rings is 1. The van der Waals surface area contributed by atoms with Crippen molar-refractivity contribution in [2.24, 2.45) is 0 Å². The average Bonchev–Trinajstić information content (AvgIpc) is 3.43. The third-order valence-corrected chi connectivity index (χ3v) is 5.23. The summed E-state index contributed by atoms with van der Waals surface area (Å²) in [6, 6.07) is 9.00. The number of carbonyl (C=O) groups is 1. The molecular weight excluding hydrogens is 386 g/mol. The summed E-state index contributed by atoms with van der Waals surface area (Å²) in [5.74, 6) is 0.918. The SMILES string of the molecule is O=C(Cn1c(=O)oc2ccccc21)N1CCN(c2cc(-n3ccnc3)ncn2)CC1. The zero-order chi connectivity index (χ0) is 20.5. The fourth-order valence-corrected chi connectivity index (χ4v) is 3.63. The highest BCUT2D eigenvalue weighted by atomic mass is 16.4. The molecule has 3 aromatic heterocycles. The lowest BCUT2D eigenvalue weighted by atomic mass is 10.3. The molecule has 0 unspecified atom stereocenters. The smallest absolute Gasteiger partial charge is 0.408 e. The van der Waals surface area contributed by atoms with Crippen LogP contribution < -0.4 is 10.7 Å². The average molecular weight is 405 g/mol. The maximum absolute atomic E-state index is 12.8. The van der Waals surface area contributed by atoms with E-state index in [1.165, 1.54) is 10.9 Å². The van der Waals surface area contributed by atoms with E-state index in [4.69, 9.17) is 4.42 Å². The van der Waals surface area contributed by atoms with Gasteiger partial charge in [-0.05, 0) is 12.1 Å². The second kappa shape index (κ2) is 7.47. The van der Waals surface area contributed by atoms with Crippen LogP contribution in [0.1, 0.15) is 0 Å². The number of fused-ring (bicyclic) bond motifs is 1. The van der Waals surface area contributed by atoms with Crippen molar-refractivity contribution in [2.75, 3.05) is 31.1 Å². The summed E-state index contributed by atoms with van der Waals surface area (Å²) in [7, 11) is 0. The molecule has 1 amide bonds. The molecule has 10 heteroatoms. The predicted octanol–water partition coefficient (Wildman–Crippen LogP) is 0.919. The number of aromatic nitrogens is 5. The number of carbonyl (C=O) groups excluding carboxylic acids is 1. The van der Waals surface area contributed by atoms with Crippen LogP contribution in [0.4, 0.5) is 5.82 Å². The summed E-state index contributed by atoms with van der Waals surface area (Å²) >= 11 is 0. The van der Waals surface area contributed by atoms with Gasteiger partial charge in [0.15, 0.2) is 5.58 Å². The van der Waals surface area contributed by atoms with E-state index >= 15 is 0 Å². The van der Waals surface area contributed by atoms with Gasteiger partial charge in [0.05, 0.1) is 5.52 Å². The van der Waals surface area contributed by atoms with Crippen LogP contribution in [0.25, 0.3) is 16.9 Å². The minimum absolute atomic E-state index is 0.0336. The van der Waals surface area contributed by atoms with Gasteiger partial charge >= 0.3 is 5.76 Å². The molecule has 0 atom stereocenters. The number of piperazine rings is 1. The van der Waals surface area contributed by atoms with Gasteiger partial charge < -0.3 is 14.2 Å². The molecule has 1 aliphatic heterocycles. The van der Waals surface area contributed by atoms with E-state index in [2.05, 4.69) is 19.9 Å². The zero-order valence-corrected chi connectivity index (χ0v) is 16.1. The molecule has 4 heterocycles. The molecule has 30 heavy (non-hydrogen) atoms. The predicted molar refractivity (Wildman–Crippen MR) is 108 cm³/mol. The van der Waals surface area contributed by atoms with Crippen molar-refractivity contribution < 1.29 is 9.21 Å². The van der Waals surface area contributed by atoms with Gasteiger partial charge in [0.25, 0.3) is 0 Å². The summed E-state index contributed by atoms with van der Waals surface area (Å²) in [5.41, 5.74) is 1.11. The number of nitrogens with zero attached hydrogens (tertiary/aromatic N) is 7. The third kappa shape index (κ3) is 3.32. The van der Waals surface area contributed by atoms with Crippen LogP contribution in [0.5, 0.6) is 0 Å². The van der Waals surface area contributed by atoms with Crippen LogP contribution in [0.15, 0.2) is 64.6 Å². The Balaban J connectivity index is 1.26. The zero-order valence-electron chi connectivity index (χ0n) is 16.1. The van der Waals surface area contributed by atoms with Crippen molar-refractivity contribution in [1.29, 1.82) is 0 Å². The van der Waals surface area contributed by atoms with E-state index in [0.717, 1.165) is 11.6 Å². The highest BCUT2D eigenvalue weighted by molar-refractivity contribution is 5.79. The minimum atomic E-state index is -0.517. The molecule has 152 valence electrons. The van der Waals surface area contributed by atoms with Gasteiger partial charge in [-0.25, -0.2) is 19.7 Å². The van der Waals surface area contributed by atoms with Gasteiger partial charge in [-0.15, -0.1) is 0 Å². The van der Waals surface area contributed by atoms with Crippen molar-refractivity contribution in [3.05, 3.63) is 65.9 Å². The molecule has 1 aromatic carbocycles. The summed E-state index contributed by atoms with van der Waals surface area (Å²) in [6.07, 6.45) is 6.73. The quantitative estimate of drug-likeness (QED) is 0.497. The van der Waals surface area contributed by atoms with Crippen molar-refractivity contribution in [1.82, 2.24) is 29.0 Å². The van der Waals surface area contributed by atoms with E-state index in [1.807, 2.05) is 22.9 Å². The van der Waals surface area contributed by atoms with Gasteiger partial charge in [-0.2, -0.15) is 0 Å². The fraction of sp³-hybridized carbons (Fsp3) is 0.250. The molecule has 1 fully saturated rings. The molecule has 10 nitrogen and oxygen atoms in total. The van der Waals surface area contributed by atoms with Gasteiger partial charge in [-0.3, -0.25) is 13.9 Å². The van der Waals surface area contributed by atoms with Crippen molar-refractivity contribution in [3.8, 4) is 5.82 Å². The molecular formula is C20H19N7O3. The fourth-order valence-electron chi connectivity index (χ4n) is 3.63. The molecule has 1 aliphatic rings. The van der Waals surface area contributed by atoms with Gasteiger partial charge in [0.1, 0.15) is 30.8 Å². The van der Waals surface area contributed by atoms with Crippen molar-refractivity contribution >= 4 is 22.8 Å². The molecule has 0 radical (unpaired) electrons. The van der Waals surface area contributed by atoms with Gasteiger partial charge in [0.2, 0.25) is 5.91 Å². The lowest BCUT2D eigenvalue weighted by Crippen LogP contribution is -2.50. The highest BCUT2D eigenvalue weighted by Gasteiger charge is 2.23. The largest absolute Gasteiger partial charge is 0.420 e. The van der Waals surface area contributed by atoms with Crippen molar-refractivity contribution in [3.63, 3.8) is 0 Å². The van der Waals surface area contributed by atoms with E-state index in [1.54, 1.807) is 35.6 Å². The summed E-state index contributed by atoms with van der Waals surface area (Å²) in [6.45, 7) is 2.36. The van der Waals surface area contributed by atoms with E-state index < -0.39 is 5.76 Å². The number of rotatable bonds is 4. The summed E-state index contributed by atoms with van der Waals surface area (Å²) < 4.78 is 8.41. The number of benzene rings is 1. The van der Waals surface area contributed by atoms with Crippen LogP contribution >= 0.6 is 0 Å². The molecule has 0 N–H and O–H groups in total. The van der Waals surface area contributed by atoms with E-state index in [-0.39, 0.29) is 12.5 Å².